The molecule has 0 saturated carbocycles. The fourth-order valence-electron chi connectivity index (χ4n) is 2.60. The first-order valence-corrected chi connectivity index (χ1v) is 6.51. The zero-order valence-electron chi connectivity index (χ0n) is 10.7. The van der Waals surface area contributed by atoms with Crippen LogP contribution in [0.2, 0.25) is 0 Å². The van der Waals surface area contributed by atoms with Crippen LogP contribution in [0.4, 0.5) is 0 Å². The number of likely N-dealkylation sites (tertiary alicyclic amines) is 1. The molecular weight excluding hydrogens is 212 g/mol. The lowest BCUT2D eigenvalue weighted by atomic mass is 9.91. The zero-order chi connectivity index (χ0) is 12.3. The fourth-order valence-corrected chi connectivity index (χ4v) is 2.60. The van der Waals surface area contributed by atoms with E-state index in [0.717, 1.165) is 31.6 Å². The lowest BCUT2D eigenvalue weighted by Crippen LogP contribution is -2.38. The van der Waals surface area contributed by atoms with E-state index in [9.17, 15) is 5.11 Å². The van der Waals surface area contributed by atoms with Gasteiger partial charge in [-0.1, -0.05) is 6.07 Å². The Labute approximate surface area is 103 Å². The van der Waals surface area contributed by atoms with E-state index in [1.54, 1.807) is 0 Å². The van der Waals surface area contributed by atoms with Crippen molar-refractivity contribution in [3.8, 4) is 0 Å². The van der Waals surface area contributed by atoms with Crippen molar-refractivity contribution >= 4 is 0 Å². The number of aliphatic hydroxyl groups excluding tert-OH is 1. The number of aromatic nitrogens is 1. The standard InChI is InChI=1S/C14H22N2O/c1-11(14-5-3-4-8-15-14)16-9-6-13(7-10-16)12(2)17/h3-5,8,11-13,17H,6-7,9-10H2,1-2H3. The average Bonchev–Trinajstić information content (AvgIpc) is 2.39. The third kappa shape index (κ3) is 3.05. The number of hydrogen-bond acceptors (Lipinski definition) is 3. The number of nitrogens with zero attached hydrogens (tertiary/aromatic N) is 2. The Hall–Kier alpha value is -0.930. The summed E-state index contributed by atoms with van der Waals surface area (Å²) in [4.78, 5) is 6.88. The van der Waals surface area contributed by atoms with E-state index >= 15 is 0 Å². The molecule has 1 aromatic heterocycles. The molecule has 0 spiro atoms. The van der Waals surface area contributed by atoms with Crippen LogP contribution >= 0.6 is 0 Å². The monoisotopic (exact) mass is 234 g/mol. The van der Waals surface area contributed by atoms with Crippen LogP contribution in [0.1, 0.15) is 38.4 Å². The van der Waals surface area contributed by atoms with Gasteiger partial charge in [-0.15, -0.1) is 0 Å². The Balaban J connectivity index is 1.93. The summed E-state index contributed by atoms with van der Waals surface area (Å²) >= 11 is 0. The van der Waals surface area contributed by atoms with Gasteiger partial charge in [0.2, 0.25) is 0 Å². The van der Waals surface area contributed by atoms with Crippen molar-refractivity contribution < 1.29 is 5.11 Å². The molecule has 3 heteroatoms. The zero-order valence-corrected chi connectivity index (χ0v) is 10.7. The average molecular weight is 234 g/mol. The number of pyridine rings is 1. The minimum Gasteiger partial charge on any atom is -0.393 e. The predicted octanol–water partition coefficient (Wildman–Crippen LogP) is 2.24. The molecule has 94 valence electrons. The van der Waals surface area contributed by atoms with Gasteiger partial charge < -0.3 is 5.11 Å². The van der Waals surface area contributed by atoms with Gasteiger partial charge in [0.1, 0.15) is 0 Å². The SMILES string of the molecule is CC(O)C1CCN(C(C)c2ccccn2)CC1. The summed E-state index contributed by atoms with van der Waals surface area (Å²) in [6, 6.07) is 6.47. The molecule has 1 fully saturated rings. The molecule has 2 rings (SSSR count). The molecule has 0 aromatic carbocycles. The lowest BCUT2D eigenvalue weighted by molar-refractivity contribution is 0.0579. The minimum atomic E-state index is -0.165. The van der Waals surface area contributed by atoms with Crippen molar-refractivity contribution in [1.29, 1.82) is 0 Å². The van der Waals surface area contributed by atoms with E-state index < -0.39 is 0 Å². The normalized spacial score (nSPS) is 22.3. The van der Waals surface area contributed by atoms with Gasteiger partial charge >= 0.3 is 0 Å². The molecule has 1 aromatic rings. The maximum Gasteiger partial charge on any atom is 0.0572 e. The summed E-state index contributed by atoms with van der Waals surface area (Å²) in [7, 11) is 0. The van der Waals surface area contributed by atoms with Crippen LogP contribution in [0.15, 0.2) is 24.4 Å². The first-order valence-electron chi connectivity index (χ1n) is 6.51. The van der Waals surface area contributed by atoms with Crippen LogP contribution in [0.25, 0.3) is 0 Å². The second-order valence-corrected chi connectivity index (χ2v) is 5.04. The highest BCUT2D eigenvalue weighted by Gasteiger charge is 2.26. The fraction of sp³-hybridized carbons (Fsp3) is 0.643. The van der Waals surface area contributed by atoms with E-state index in [4.69, 9.17) is 0 Å². The molecule has 0 bridgehead atoms. The predicted molar refractivity (Wildman–Crippen MR) is 68.6 cm³/mol. The van der Waals surface area contributed by atoms with E-state index in [-0.39, 0.29) is 6.10 Å². The van der Waals surface area contributed by atoms with Gasteiger partial charge in [0.05, 0.1) is 11.8 Å². The summed E-state index contributed by atoms with van der Waals surface area (Å²) < 4.78 is 0. The van der Waals surface area contributed by atoms with Gasteiger partial charge in [-0.3, -0.25) is 9.88 Å². The molecule has 0 aliphatic carbocycles. The molecule has 1 aliphatic heterocycles. The van der Waals surface area contributed by atoms with Crippen LogP contribution < -0.4 is 0 Å². The number of rotatable bonds is 3. The molecule has 3 nitrogen and oxygen atoms in total. The van der Waals surface area contributed by atoms with E-state index in [2.05, 4.69) is 22.9 Å². The quantitative estimate of drug-likeness (QED) is 0.871. The highest BCUT2D eigenvalue weighted by atomic mass is 16.3. The third-order valence-corrected chi connectivity index (χ3v) is 3.92. The van der Waals surface area contributed by atoms with Crippen LogP contribution in [0.5, 0.6) is 0 Å². The van der Waals surface area contributed by atoms with Gasteiger partial charge in [-0.25, -0.2) is 0 Å². The molecule has 17 heavy (non-hydrogen) atoms. The topological polar surface area (TPSA) is 36.4 Å². The molecule has 1 aliphatic rings. The molecule has 2 atom stereocenters. The highest BCUT2D eigenvalue weighted by molar-refractivity contribution is 5.08. The van der Waals surface area contributed by atoms with Crippen molar-refractivity contribution in [3.05, 3.63) is 30.1 Å². The van der Waals surface area contributed by atoms with Crippen LogP contribution in [-0.2, 0) is 0 Å². The Kier molecular flexibility index (Phi) is 4.13. The van der Waals surface area contributed by atoms with Crippen LogP contribution in [-0.4, -0.2) is 34.2 Å². The molecule has 1 N–H and O–H groups in total. The molecule has 0 radical (unpaired) electrons. The molecule has 0 amide bonds. The molecular formula is C14H22N2O. The van der Waals surface area contributed by atoms with E-state index in [1.165, 1.54) is 0 Å². The molecule has 1 saturated heterocycles. The first-order chi connectivity index (χ1) is 8.18. The van der Waals surface area contributed by atoms with Crippen LogP contribution in [0.3, 0.4) is 0 Å². The van der Waals surface area contributed by atoms with E-state index in [0.29, 0.717) is 12.0 Å². The molecule has 2 heterocycles. The highest BCUT2D eigenvalue weighted by Crippen LogP contribution is 2.26. The maximum atomic E-state index is 9.59. The second kappa shape index (κ2) is 5.61. The van der Waals surface area contributed by atoms with E-state index in [1.807, 2.05) is 25.3 Å². The van der Waals surface area contributed by atoms with Crippen molar-refractivity contribution in [1.82, 2.24) is 9.88 Å². The smallest absolute Gasteiger partial charge is 0.0572 e. The van der Waals surface area contributed by atoms with Crippen LogP contribution in [0, 0.1) is 5.92 Å². The second-order valence-electron chi connectivity index (χ2n) is 5.04. The summed E-state index contributed by atoms with van der Waals surface area (Å²) in [5, 5.41) is 9.59. The van der Waals surface area contributed by atoms with Gasteiger partial charge in [-0.2, -0.15) is 0 Å². The third-order valence-electron chi connectivity index (χ3n) is 3.92. The van der Waals surface area contributed by atoms with Crippen molar-refractivity contribution in [2.45, 2.75) is 38.8 Å². The Morgan fingerprint density at radius 1 is 1.29 bits per heavy atom. The lowest BCUT2D eigenvalue weighted by Gasteiger charge is -2.36. The van der Waals surface area contributed by atoms with Gasteiger partial charge in [0.15, 0.2) is 0 Å². The summed E-state index contributed by atoms with van der Waals surface area (Å²) in [5.41, 5.74) is 1.14. The van der Waals surface area contributed by atoms with Crippen molar-refractivity contribution in [2.75, 3.05) is 13.1 Å². The summed E-state index contributed by atoms with van der Waals surface area (Å²) in [5.74, 6) is 0.474. The molecule has 2 unspecified atom stereocenters. The first kappa shape index (κ1) is 12.5. The van der Waals surface area contributed by atoms with Gasteiger partial charge in [0, 0.05) is 12.2 Å². The Bertz CT molecular complexity index is 331. The minimum absolute atomic E-state index is 0.165. The van der Waals surface area contributed by atoms with Crippen molar-refractivity contribution in [2.24, 2.45) is 5.92 Å². The Morgan fingerprint density at radius 3 is 2.53 bits per heavy atom. The number of hydrogen-bond donors (Lipinski definition) is 1. The van der Waals surface area contributed by atoms with Crippen molar-refractivity contribution in [3.63, 3.8) is 0 Å². The summed E-state index contributed by atoms with van der Waals surface area (Å²) in [6.07, 6.45) is 3.88. The summed E-state index contributed by atoms with van der Waals surface area (Å²) in [6.45, 7) is 6.24. The Morgan fingerprint density at radius 2 is 2.00 bits per heavy atom. The maximum absolute atomic E-state index is 9.59. The number of aliphatic hydroxyl groups is 1. The number of piperidine rings is 1. The van der Waals surface area contributed by atoms with Gasteiger partial charge in [0.25, 0.3) is 0 Å². The van der Waals surface area contributed by atoms with Gasteiger partial charge in [-0.05, 0) is 57.8 Å². The largest absolute Gasteiger partial charge is 0.393 e.